The number of halogens is 1. The van der Waals surface area contributed by atoms with Crippen LogP contribution in [0.2, 0.25) is 0 Å². The van der Waals surface area contributed by atoms with E-state index < -0.39 is 0 Å². The Hall–Kier alpha value is -1.97. The average Bonchev–Trinajstić information content (AvgIpc) is 2.37. The van der Waals surface area contributed by atoms with Gasteiger partial charge in [0.05, 0.1) is 0 Å². The predicted octanol–water partition coefficient (Wildman–Crippen LogP) is 3.10. The van der Waals surface area contributed by atoms with Gasteiger partial charge in [-0.1, -0.05) is 19.1 Å². The van der Waals surface area contributed by atoms with E-state index in [-0.39, 0.29) is 5.82 Å². The monoisotopic (exact) mass is 245 g/mol. The number of benzene rings is 1. The third-order valence-corrected chi connectivity index (χ3v) is 2.64. The highest BCUT2D eigenvalue weighted by atomic mass is 19.1. The first-order valence-electron chi connectivity index (χ1n) is 6.00. The molecule has 0 saturated heterocycles. The normalized spacial score (nSPS) is 10.4. The van der Waals surface area contributed by atoms with Crippen LogP contribution in [0.25, 0.3) is 0 Å². The lowest BCUT2D eigenvalue weighted by molar-refractivity contribution is 0.627. The Morgan fingerprint density at radius 3 is 2.56 bits per heavy atom. The molecule has 0 spiro atoms. The van der Waals surface area contributed by atoms with E-state index in [9.17, 15) is 4.39 Å². The first-order chi connectivity index (χ1) is 8.67. The largest absolute Gasteiger partial charge is 0.366 e. The third kappa shape index (κ3) is 3.26. The highest BCUT2D eigenvalue weighted by Gasteiger charge is 2.00. The molecule has 1 aromatic carbocycles. The van der Waals surface area contributed by atoms with Crippen LogP contribution >= 0.6 is 0 Å². The summed E-state index contributed by atoms with van der Waals surface area (Å²) < 4.78 is 12.8. The Morgan fingerprint density at radius 1 is 1.17 bits per heavy atom. The van der Waals surface area contributed by atoms with E-state index in [2.05, 4.69) is 22.2 Å². The molecule has 1 aromatic heterocycles. The molecule has 0 amide bonds. The molecule has 4 heteroatoms. The van der Waals surface area contributed by atoms with Gasteiger partial charge in [0.25, 0.3) is 0 Å². The SMILES string of the molecule is CCc1cc(NCc2ccc(F)cc2)nc(C)n1. The lowest BCUT2D eigenvalue weighted by Crippen LogP contribution is -2.04. The van der Waals surface area contributed by atoms with Crippen molar-refractivity contribution in [2.45, 2.75) is 26.8 Å². The molecule has 1 N–H and O–H groups in total. The molecule has 94 valence electrons. The summed E-state index contributed by atoms with van der Waals surface area (Å²) in [6.07, 6.45) is 0.884. The second-order valence-corrected chi connectivity index (χ2v) is 4.13. The van der Waals surface area contributed by atoms with Gasteiger partial charge in [-0.25, -0.2) is 14.4 Å². The predicted molar refractivity (Wildman–Crippen MR) is 69.9 cm³/mol. The van der Waals surface area contributed by atoms with E-state index in [1.165, 1.54) is 12.1 Å². The second-order valence-electron chi connectivity index (χ2n) is 4.13. The van der Waals surface area contributed by atoms with E-state index in [0.717, 1.165) is 29.3 Å². The van der Waals surface area contributed by atoms with E-state index >= 15 is 0 Å². The Labute approximate surface area is 106 Å². The molecule has 1 heterocycles. The molecule has 0 fully saturated rings. The standard InChI is InChI=1S/C14H16FN3/c1-3-13-8-14(18-10(2)17-13)16-9-11-4-6-12(15)7-5-11/h4-8H,3,9H2,1-2H3,(H,16,17,18). The molecule has 2 aromatic rings. The highest BCUT2D eigenvalue weighted by molar-refractivity contribution is 5.37. The van der Waals surface area contributed by atoms with Crippen molar-refractivity contribution in [3.05, 3.63) is 53.2 Å². The number of aryl methyl sites for hydroxylation is 2. The van der Waals surface area contributed by atoms with Crippen LogP contribution in [0.3, 0.4) is 0 Å². The van der Waals surface area contributed by atoms with Crippen molar-refractivity contribution in [3.8, 4) is 0 Å². The number of aromatic nitrogens is 2. The zero-order valence-electron chi connectivity index (χ0n) is 10.6. The van der Waals surface area contributed by atoms with E-state index in [0.29, 0.717) is 6.54 Å². The summed E-state index contributed by atoms with van der Waals surface area (Å²) in [5.74, 6) is 1.35. The minimum atomic E-state index is -0.218. The van der Waals surface area contributed by atoms with Crippen molar-refractivity contribution < 1.29 is 4.39 Å². The summed E-state index contributed by atoms with van der Waals surface area (Å²) in [7, 11) is 0. The molecule has 0 atom stereocenters. The van der Waals surface area contributed by atoms with Gasteiger partial charge >= 0.3 is 0 Å². The highest BCUT2D eigenvalue weighted by Crippen LogP contribution is 2.10. The van der Waals surface area contributed by atoms with Crippen LogP contribution in [0.15, 0.2) is 30.3 Å². The topological polar surface area (TPSA) is 37.8 Å². The fourth-order valence-corrected chi connectivity index (χ4v) is 1.70. The Bertz CT molecular complexity index is 523. The Morgan fingerprint density at radius 2 is 1.89 bits per heavy atom. The van der Waals surface area contributed by atoms with Crippen LogP contribution in [0.1, 0.15) is 24.0 Å². The zero-order chi connectivity index (χ0) is 13.0. The van der Waals surface area contributed by atoms with Crippen LogP contribution in [0.4, 0.5) is 10.2 Å². The molecule has 0 radical (unpaired) electrons. The van der Waals surface area contributed by atoms with Crippen LogP contribution in [-0.2, 0) is 13.0 Å². The van der Waals surface area contributed by atoms with Gasteiger partial charge in [-0.15, -0.1) is 0 Å². The molecular weight excluding hydrogens is 229 g/mol. The molecule has 18 heavy (non-hydrogen) atoms. The smallest absolute Gasteiger partial charge is 0.130 e. The molecule has 0 aliphatic heterocycles. The van der Waals surface area contributed by atoms with Gasteiger partial charge in [0.1, 0.15) is 17.5 Å². The van der Waals surface area contributed by atoms with Gasteiger partial charge < -0.3 is 5.32 Å². The summed E-state index contributed by atoms with van der Waals surface area (Å²) in [6.45, 7) is 4.56. The summed E-state index contributed by atoms with van der Waals surface area (Å²) in [5.41, 5.74) is 2.04. The minimum absolute atomic E-state index is 0.218. The van der Waals surface area contributed by atoms with Crippen LogP contribution in [0, 0.1) is 12.7 Å². The average molecular weight is 245 g/mol. The van der Waals surface area contributed by atoms with Crippen molar-refractivity contribution in [3.63, 3.8) is 0 Å². The molecule has 2 rings (SSSR count). The molecule has 0 saturated carbocycles. The first kappa shape index (κ1) is 12.5. The van der Waals surface area contributed by atoms with Crippen molar-refractivity contribution in [1.82, 2.24) is 9.97 Å². The summed E-state index contributed by atoms with van der Waals surface area (Å²) >= 11 is 0. The maximum absolute atomic E-state index is 12.8. The number of nitrogens with zero attached hydrogens (tertiary/aromatic N) is 2. The Kier molecular flexibility index (Phi) is 3.87. The van der Waals surface area contributed by atoms with Crippen LogP contribution < -0.4 is 5.32 Å². The van der Waals surface area contributed by atoms with Crippen molar-refractivity contribution in [2.75, 3.05) is 5.32 Å². The number of hydrogen-bond donors (Lipinski definition) is 1. The van der Waals surface area contributed by atoms with Gasteiger partial charge in [0, 0.05) is 18.3 Å². The molecule has 0 aliphatic carbocycles. The molecule has 0 bridgehead atoms. The lowest BCUT2D eigenvalue weighted by atomic mass is 10.2. The van der Waals surface area contributed by atoms with E-state index in [4.69, 9.17) is 0 Å². The quantitative estimate of drug-likeness (QED) is 0.899. The number of rotatable bonds is 4. The number of nitrogens with one attached hydrogen (secondary N) is 1. The molecular formula is C14H16FN3. The Balaban J connectivity index is 2.05. The third-order valence-electron chi connectivity index (χ3n) is 2.64. The van der Waals surface area contributed by atoms with Gasteiger partial charge in [-0.05, 0) is 31.0 Å². The number of hydrogen-bond acceptors (Lipinski definition) is 3. The van der Waals surface area contributed by atoms with Crippen molar-refractivity contribution in [2.24, 2.45) is 0 Å². The fourth-order valence-electron chi connectivity index (χ4n) is 1.70. The van der Waals surface area contributed by atoms with Gasteiger partial charge in [0.2, 0.25) is 0 Å². The maximum atomic E-state index is 12.8. The summed E-state index contributed by atoms with van der Waals surface area (Å²) in [5, 5.41) is 3.22. The van der Waals surface area contributed by atoms with E-state index in [1.54, 1.807) is 12.1 Å². The second kappa shape index (κ2) is 5.58. The maximum Gasteiger partial charge on any atom is 0.130 e. The van der Waals surface area contributed by atoms with Crippen molar-refractivity contribution in [1.29, 1.82) is 0 Å². The van der Waals surface area contributed by atoms with Crippen molar-refractivity contribution >= 4 is 5.82 Å². The van der Waals surface area contributed by atoms with Gasteiger partial charge in [0.15, 0.2) is 0 Å². The first-order valence-corrected chi connectivity index (χ1v) is 6.00. The van der Waals surface area contributed by atoms with Crippen LogP contribution in [0.5, 0.6) is 0 Å². The lowest BCUT2D eigenvalue weighted by Gasteiger charge is -2.08. The van der Waals surface area contributed by atoms with E-state index in [1.807, 2.05) is 13.0 Å². The van der Waals surface area contributed by atoms with Gasteiger partial charge in [-0.2, -0.15) is 0 Å². The molecule has 0 aliphatic rings. The minimum Gasteiger partial charge on any atom is -0.366 e. The van der Waals surface area contributed by atoms with Gasteiger partial charge in [-0.3, -0.25) is 0 Å². The summed E-state index contributed by atoms with van der Waals surface area (Å²) in [4.78, 5) is 8.64. The molecule has 3 nitrogen and oxygen atoms in total. The molecule has 0 unspecified atom stereocenters. The zero-order valence-corrected chi connectivity index (χ0v) is 10.6. The number of anilines is 1. The van der Waals surface area contributed by atoms with Crippen LogP contribution in [-0.4, -0.2) is 9.97 Å². The summed E-state index contributed by atoms with van der Waals surface area (Å²) in [6, 6.07) is 8.38. The fraction of sp³-hybridized carbons (Fsp3) is 0.286.